The first-order valence-corrected chi connectivity index (χ1v) is 9.54. The molecule has 2 nitrogen and oxygen atoms in total. The number of hydrogen-bond donors (Lipinski definition) is 0. The molecule has 0 amide bonds. The largest absolute Gasteiger partial charge is 0.483 e. The molecule has 3 rings (SSSR count). The molecular formula is C23H23BrO2. The van der Waals surface area contributed by atoms with Crippen LogP contribution in [-0.2, 0) is 5.41 Å². The lowest BCUT2D eigenvalue weighted by molar-refractivity contribution is 0.0818. The van der Waals surface area contributed by atoms with Crippen LogP contribution in [0.5, 0.6) is 5.75 Å². The molecule has 134 valence electrons. The number of ketones is 1. The van der Waals surface area contributed by atoms with Crippen molar-refractivity contribution in [2.75, 3.05) is 0 Å². The summed E-state index contributed by atoms with van der Waals surface area (Å²) in [7, 11) is 0. The Bertz CT molecular complexity index is 937. The van der Waals surface area contributed by atoms with Gasteiger partial charge in [0.2, 0.25) is 5.78 Å². The van der Waals surface area contributed by atoms with Crippen molar-refractivity contribution < 1.29 is 9.53 Å². The van der Waals surface area contributed by atoms with Crippen LogP contribution in [0.15, 0.2) is 65.1 Å². The van der Waals surface area contributed by atoms with Gasteiger partial charge in [-0.1, -0.05) is 73.1 Å². The Kier molecular flexibility index (Phi) is 5.19. The van der Waals surface area contributed by atoms with Gasteiger partial charge in [0.1, 0.15) is 5.75 Å². The lowest BCUT2D eigenvalue weighted by Crippen LogP contribution is -2.24. The van der Waals surface area contributed by atoms with E-state index in [2.05, 4.69) is 42.8 Å². The molecule has 0 aromatic heterocycles. The van der Waals surface area contributed by atoms with E-state index in [0.717, 1.165) is 15.2 Å². The van der Waals surface area contributed by atoms with Gasteiger partial charge >= 0.3 is 0 Å². The smallest absolute Gasteiger partial charge is 0.202 e. The molecule has 0 aliphatic heterocycles. The molecule has 0 heterocycles. The molecule has 0 aliphatic carbocycles. The lowest BCUT2D eigenvalue weighted by atomic mass is 9.86. The Morgan fingerprint density at radius 3 is 2.19 bits per heavy atom. The minimum atomic E-state index is -0.539. The second kappa shape index (κ2) is 7.24. The van der Waals surface area contributed by atoms with E-state index >= 15 is 0 Å². The first-order valence-electron chi connectivity index (χ1n) is 8.75. The number of hydrogen-bond acceptors (Lipinski definition) is 2. The van der Waals surface area contributed by atoms with E-state index in [1.54, 1.807) is 6.92 Å². The van der Waals surface area contributed by atoms with Crippen LogP contribution in [0.4, 0.5) is 0 Å². The van der Waals surface area contributed by atoms with Crippen molar-refractivity contribution in [2.45, 2.75) is 39.2 Å². The van der Waals surface area contributed by atoms with Gasteiger partial charge in [-0.15, -0.1) is 0 Å². The van der Waals surface area contributed by atoms with Gasteiger partial charge < -0.3 is 4.74 Å². The summed E-state index contributed by atoms with van der Waals surface area (Å²) in [6, 6.07) is 19.8. The third kappa shape index (κ3) is 4.16. The zero-order valence-electron chi connectivity index (χ0n) is 15.5. The normalized spacial score (nSPS) is 12.8. The van der Waals surface area contributed by atoms with Crippen LogP contribution in [0, 0.1) is 0 Å². The standard InChI is InChI=1S/C23H23BrO2/c1-15(22(25)16-5-9-19(10-6-16)23(2,3)4)26-21-12-8-17-13-20(24)11-7-18(17)14-21/h5-15H,1-4H3/t15-/m0/s1. The van der Waals surface area contributed by atoms with Gasteiger partial charge in [-0.05, 0) is 52.9 Å². The first kappa shape index (κ1) is 18.7. The summed E-state index contributed by atoms with van der Waals surface area (Å²) in [5.74, 6) is 0.688. The molecule has 0 radical (unpaired) electrons. The molecule has 3 heteroatoms. The van der Waals surface area contributed by atoms with Crippen LogP contribution in [0.3, 0.4) is 0 Å². The predicted octanol–water partition coefficient (Wildman–Crippen LogP) is 6.55. The summed E-state index contributed by atoms with van der Waals surface area (Å²) in [6.07, 6.45) is -0.539. The average Bonchev–Trinajstić information content (AvgIpc) is 2.60. The van der Waals surface area contributed by atoms with Crippen molar-refractivity contribution in [3.63, 3.8) is 0 Å². The highest BCUT2D eigenvalue weighted by molar-refractivity contribution is 9.10. The minimum absolute atomic E-state index is 0.0126. The van der Waals surface area contributed by atoms with E-state index in [4.69, 9.17) is 4.74 Å². The van der Waals surface area contributed by atoms with E-state index in [0.29, 0.717) is 11.3 Å². The lowest BCUT2D eigenvalue weighted by Gasteiger charge is -2.19. The van der Waals surface area contributed by atoms with E-state index in [1.807, 2.05) is 54.6 Å². The minimum Gasteiger partial charge on any atom is -0.483 e. The molecule has 0 aliphatic rings. The molecule has 0 fully saturated rings. The fourth-order valence-electron chi connectivity index (χ4n) is 2.89. The molecule has 0 saturated carbocycles. The van der Waals surface area contributed by atoms with Gasteiger partial charge in [0, 0.05) is 10.0 Å². The Hall–Kier alpha value is -2.13. The number of rotatable bonds is 4. The fourth-order valence-corrected chi connectivity index (χ4v) is 3.27. The third-order valence-electron chi connectivity index (χ3n) is 4.49. The van der Waals surface area contributed by atoms with Gasteiger partial charge in [0.15, 0.2) is 6.10 Å². The second-order valence-electron chi connectivity index (χ2n) is 7.60. The molecule has 3 aromatic carbocycles. The quantitative estimate of drug-likeness (QED) is 0.455. The topological polar surface area (TPSA) is 26.3 Å². The number of fused-ring (bicyclic) bond motifs is 1. The average molecular weight is 411 g/mol. The van der Waals surface area contributed by atoms with Gasteiger partial charge in [-0.25, -0.2) is 0 Å². The van der Waals surface area contributed by atoms with Crippen molar-refractivity contribution >= 4 is 32.5 Å². The molecule has 1 atom stereocenters. The monoisotopic (exact) mass is 410 g/mol. The number of ether oxygens (including phenoxy) is 1. The Morgan fingerprint density at radius 1 is 0.923 bits per heavy atom. The maximum atomic E-state index is 12.7. The van der Waals surface area contributed by atoms with Crippen LogP contribution in [0.25, 0.3) is 10.8 Å². The fraction of sp³-hybridized carbons (Fsp3) is 0.261. The Balaban J connectivity index is 1.75. The highest BCUT2D eigenvalue weighted by Crippen LogP contribution is 2.26. The zero-order valence-corrected chi connectivity index (χ0v) is 17.1. The Labute approximate surface area is 163 Å². The molecule has 0 N–H and O–H groups in total. The maximum absolute atomic E-state index is 12.7. The number of halogens is 1. The SMILES string of the molecule is C[C@H](Oc1ccc2cc(Br)ccc2c1)C(=O)c1ccc(C(C)(C)C)cc1. The summed E-state index contributed by atoms with van der Waals surface area (Å²) in [4.78, 5) is 12.7. The summed E-state index contributed by atoms with van der Waals surface area (Å²) < 4.78 is 6.95. The van der Waals surface area contributed by atoms with Crippen molar-refractivity contribution in [3.05, 3.63) is 76.3 Å². The van der Waals surface area contributed by atoms with Crippen LogP contribution in [-0.4, -0.2) is 11.9 Å². The van der Waals surface area contributed by atoms with Gasteiger partial charge in [-0.3, -0.25) is 4.79 Å². The van der Waals surface area contributed by atoms with E-state index in [1.165, 1.54) is 5.56 Å². The van der Waals surface area contributed by atoms with Gasteiger partial charge in [0.05, 0.1) is 0 Å². The number of carbonyl (C=O) groups excluding carboxylic acids is 1. The second-order valence-corrected chi connectivity index (χ2v) is 8.52. The molecule has 0 saturated heterocycles. The van der Waals surface area contributed by atoms with Crippen molar-refractivity contribution in [3.8, 4) is 5.75 Å². The van der Waals surface area contributed by atoms with E-state index in [9.17, 15) is 4.79 Å². The molecular weight excluding hydrogens is 388 g/mol. The summed E-state index contributed by atoms with van der Waals surface area (Å²) in [5.41, 5.74) is 1.96. The summed E-state index contributed by atoms with van der Waals surface area (Å²) in [6.45, 7) is 8.28. The van der Waals surface area contributed by atoms with Crippen LogP contribution < -0.4 is 4.74 Å². The van der Waals surface area contributed by atoms with E-state index < -0.39 is 6.10 Å². The van der Waals surface area contributed by atoms with Crippen molar-refractivity contribution in [2.24, 2.45) is 0 Å². The van der Waals surface area contributed by atoms with Gasteiger partial charge in [-0.2, -0.15) is 0 Å². The highest BCUT2D eigenvalue weighted by Gasteiger charge is 2.19. The van der Waals surface area contributed by atoms with Crippen LogP contribution in [0.1, 0.15) is 43.6 Å². The highest BCUT2D eigenvalue weighted by atomic mass is 79.9. The zero-order chi connectivity index (χ0) is 18.9. The van der Waals surface area contributed by atoms with Crippen LogP contribution in [0.2, 0.25) is 0 Å². The molecule has 26 heavy (non-hydrogen) atoms. The predicted molar refractivity (Wildman–Crippen MR) is 111 cm³/mol. The number of carbonyl (C=O) groups is 1. The third-order valence-corrected chi connectivity index (χ3v) is 4.98. The Morgan fingerprint density at radius 2 is 1.54 bits per heavy atom. The first-order chi connectivity index (χ1) is 12.2. The molecule has 0 bridgehead atoms. The summed E-state index contributed by atoms with van der Waals surface area (Å²) >= 11 is 3.48. The van der Waals surface area contributed by atoms with Gasteiger partial charge in [0.25, 0.3) is 0 Å². The summed E-state index contributed by atoms with van der Waals surface area (Å²) in [5, 5.41) is 2.21. The van der Waals surface area contributed by atoms with Crippen LogP contribution >= 0.6 is 15.9 Å². The van der Waals surface area contributed by atoms with Crippen molar-refractivity contribution in [1.29, 1.82) is 0 Å². The maximum Gasteiger partial charge on any atom is 0.202 e. The molecule has 0 spiro atoms. The van der Waals surface area contributed by atoms with E-state index in [-0.39, 0.29) is 11.2 Å². The number of benzene rings is 3. The molecule has 3 aromatic rings. The molecule has 0 unspecified atom stereocenters. The van der Waals surface area contributed by atoms with Crippen molar-refractivity contribution in [1.82, 2.24) is 0 Å². The number of Topliss-reactive ketones (excluding diaryl/α,β-unsaturated/α-hetero) is 1.